The van der Waals surface area contributed by atoms with Gasteiger partial charge in [0.1, 0.15) is 5.84 Å². The Bertz CT molecular complexity index is 2540. The fraction of sp³-hybridized carbons (Fsp3) is 0.0833. The molecular formula is C48H39N5. The summed E-state index contributed by atoms with van der Waals surface area (Å²) in [5.41, 5.74) is 16.9. The Morgan fingerprint density at radius 3 is 1.85 bits per heavy atom. The Morgan fingerprint density at radius 1 is 0.623 bits per heavy atom. The van der Waals surface area contributed by atoms with Gasteiger partial charge >= 0.3 is 0 Å². The first-order valence-electron chi connectivity index (χ1n) is 18.2. The first-order chi connectivity index (χ1) is 26.2. The van der Waals surface area contributed by atoms with Crippen molar-refractivity contribution in [1.82, 2.24) is 9.88 Å². The quantitative estimate of drug-likeness (QED) is 0.111. The molecule has 7 aromatic carbocycles. The van der Waals surface area contributed by atoms with Crippen molar-refractivity contribution >= 4 is 39.0 Å². The predicted molar refractivity (Wildman–Crippen MR) is 219 cm³/mol. The van der Waals surface area contributed by atoms with E-state index in [0.717, 1.165) is 22.5 Å². The Labute approximate surface area is 309 Å². The lowest BCUT2D eigenvalue weighted by Gasteiger charge is -2.35. The molecule has 1 aliphatic heterocycles. The number of benzene rings is 7. The molecule has 9 rings (SSSR count). The lowest BCUT2D eigenvalue weighted by atomic mass is 9.65. The summed E-state index contributed by atoms with van der Waals surface area (Å²) in [5, 5.41) is 6.20. The van der Waals surface area contributed by atoms with E-state index in [4.69, 9.17) is 15.7 Å². The van der Waals surface area contributed by atoms with Crippen molar-refractivity contribution in [3.05, 3.63) is 221 Å². The van der Waals surface area contributed by atoms with Gasteiger partial charge in [0.2, 0.25) is 0 Å². The van der Waals surface area contributed by atoms with Crippen molar-refractivity contribution in [2.24, 2.45) is 15.7 Å². The minimum absolute atomic E-state index is 0.0721. The van der Waals surface area contributed by atoms with Crippen molar-refractivity contribution in [2.45, 2.75) is 18.0 Å². The molecule has 0 amide bonds. The molecule has 0 bridgehead atoms. The molecule has 3 N–H and O–H groups in total. The summed E-state index contributed by atoms with van der Waals surface area (Å²) in [7, 11) is 0. The highest BCUT2D eigenvalue weighted by atomic mass is 15.1. The van der Waals surface area contributed by atoms with Crippen LogP contribution in [0, 0.1) is 0 Å². The molecule has 0 radical (unpaired) electrons. The van der Waals surface area contributed by atoms with Gasteiger partial charge in [0.05, 0.1) is 35.0 Å². The molecule has 0 saturated heterocycles. The summed E-state index contributed by atoms with van der Waals surface area (Å²) < 4.78 is 2.52. The number of para-hydroxylation sites is 1. The molecule has 2 heterocycles. The molecule has 1 aromatic heterocycles. The Morgan fingerprint density at radius 2 is 1.19 bits per heavy atom. The highest BCUT2D eigenvalue weighted by Crippen LogP contribution is 2.54. The molecule has 0 aliphatic carbocycles. The van der Waals surface area contributed by atoms with Gasteiger partial charge in [-0.1, -0.05) is 176 Å². The van der Waals surface area contributed by atoms with E-state index in [1.54, 1.807) is 0 Å². The molecule has 53 heavy (non-hydrogen) atoms. The number of nitrogens with one attached hydrogen (secondary N) is 1. The van der Waals surface area contributed by atoms with Crippen LogP contribution < -0.4 is 11.1 Å². The van der Waals surface area contributed by atoms with E-state index in [0.29, 0.717) is 19.0 Å². The largest absolute Gasteiger partial charge is 0.383 e. The van der Waals surface area contributed by atoms with E-state index in [1.165, 1.54) is 44.1 Å². The third kappa shape index (κ3) is 5.63. The third-order valence-electron chi connectivity index (χ3n) is 10.6. The van der Waals surface area contributed by atoms with Gasteiger partial charge in [-0.25, -0.2) is 0 Å². The van der Waals surface area contributed by atoms with Crippen LogP contribution >= 0.6 is 0 Å². The number of amidine groups is 1. The van der Waals surface area contributed by atoms with E-state index in [1.807, 2.05) is 30.3 Å². The zero-order valence-corrected chi connectivity index (χ0v) is 29.3. The number of nitrogens with two attached hydrogens (primary N) is 1. The van der Waals surface area contributed by atoms with Gasteiger partial charge in [-0.2, -0.15) is 0 Å². The van der Waals surface area contributed by atoms with Crippen LogP contribution in [-0.2, 0) is 12.0 Å². The summed E-state index contributed by atoms with van der Waals surface area (Å²) in [4.78, 5) is 10.4. The molecule has 256 valence electrons. The SMILES string of the molecule is N/C(=N\CNC(Cn1c2ccccc2c2ccc3c(c21)C(c1ccccc1)(c1ccccc1)C(c1ccccc1)=N3)c1ccccc1)c1ccccc1. The molecule has 0 fully saturated rings. The van der Waals surface area contributed by atoms with E-state index < -0.39 is 5.41 Å². The fourth-order valence-electron chi connectivity index (χ4n) is 8.19. The number of aliphatic imine (C=N–C) groups is 2. The third-order valence-corrected chi connectivity index (χ3v) is 10.6. The zero-order chi connectivity index (χ0) is 35.6. The summed E-state index contributed by atoms with van der Waals surface area (Å²) in [5.74, 6) is 0.515. The maximum absolute atomic E-state index is 6.46. The second-order valence-electron chi connectivity index (χ2n) is 13.5. The van der Waals surface area contributed by atoms with Crippen molar-refractivity contribution in [2.75, 3.05) is 6.67 Å². The minimum Gasteiger partial charge on any atom is -0.383 e. The van der Waals surface area contributed by atoms with Gasteiger partial charge in [-0.05, 0) is 34.4 Å². The number of fused-ring (bicyclic) bond motifs is 5. The van der Waals surface area contributed by atoms with E-state index in [9.17, 15) is 0 Å². The van der Waals surface area contributed by atoms with Crippen molar-refractivity contribution < 1.29 is 0 Å². The molecule has 5 nitrogen and oxygen atoms in total. The topological polar surface area (TPSA) is 67.7 Å². The average molecular weight is 686 g/mol. The second kappa shape index (κ2) is 13.9. The van der Waals surface area contributed by atoms with Crippen LogP contribution in [0.5, 0.6) is 0 Å². The molecule has 1 aliphatic rings. The van der Waals surface area contributed by atoms with Gasteiger partial charge in [-0.15, -0.1) is 0 Å². The Hall–Kier alpha value is -6.56. The minimum atomic E-state index is -0.686. The van der Waals surface area contributed by atoms with Crippen LogP contribution in [0.15, 0.2) is 198 Å². The van der Waals surface area contributed by atoms with Gasteiger partial charge in [0, 0.05) is 34.0 Å². The van der Waals surface area contributed by atoms with Crippen LogP contribution in [-0.4, -0.2) is 22.8 Å². The monoisotopic (exact) mass is 685 g/mol. The molecule has 8 aromatic rings. The highest BCUT2D eigenvalue weighted by Gasteiger charge is 2.49. The smallest absolute Gasteiger partial charge is 0.127 e. The second-order valence-corrected chi connectivity index (χ2v) is 13.5. The van der Waals surface area contributed by atoms with Gasteiger partial charge in [0.15, 0.2) is 0 Å². The average Bonchev–Trinajstić information content (AvgIpc) is 3.75. The number of hydrogen-bond donors (Lipinski definition) is 2. The zero-order valence-electron chi connectivity index (χ0n) is 29.3. The summed E-state index contributed by atoms with van der Waals surface area (Å²) >= 11 is 0. The standard InChI is InChI=1S/C48H39N5/c49-47(36-22-10-3-11-23-36)51-33-50-42(34-18-6-1-7-19-34)32-53-43-29-17-16-28-39(43)40-30-31-41-44(45(40)53)48(37-24-12-4-13-25-37,38-26-14-5-15-27-38)46(52-41)35-20-8-2-9-21-35/h1-31,42,50H,32-33H2,(H2,49,51). The van der Waals surface area contributed by atoms with Crippen LogP contribution in [0.4, 0.5) is 5.69 Å². The van der Waals surface area contributed by atoms with Crippen molar-refractivity contribution in [3.8, 4) is 0 Å². The van der Waals surface area contributed by atoms with Crippen molar-refractivity contribution in [1.29, 1.82) is 0 Å². The summed E-state index contributed by atoms with van der Waals surface area (Å²) in [6.45, 7) is 1.03. The molecule has 0 saturated carbocycles. The molecule has 5 heteroatoms. The molecular weight excluding hydrogens is 647 g/mol. The van der Waals surface area contributed by atoms with Crippen LogP contribution in [0.25, 0.3) is 21.8 Å². The summed E-state index contributed by atoms with van der Waals surface area (Å²) in [6, 6.07) is 66.3. The first-order valence-corrected chi connectivity index (χ1v) is 18.2. The lowest BCUT2D eigenvalue weighted by molar-refractivity contribution is 0.484. The van der Waals surface area contributed by atoms with E-state index in [-0.39, 0.29) is 6.04 Å². The molecule has 1 atom stereocenters. The Balaban J connectivity index is 1.29. The summed E-state index contributed by atoms with van der Waals surface area (Å²) in [6.07, 6.45) is 0. The van der Waals surface area contributed by atoms with Gasteiger partial charge < -0.3 is 10.3 Å². The van der Waals surface area contributed by atoms with Crippen molar-refractivity contribution in [3.63, 3.8) is 0 Å². The normalized spacial score (nSPS) is 14.3. The predicted octanol–water partition coefficient (Wildman–Crippen LogP) is 9.96. The maximum Gasteiger partial charge on any atom is 0.127 e. The number of hydrogen-bond acceptors (Lipinski definition) is 3. The van der Waals surface area contributed by atoms with E-state index >= 15 is 0 Å². The molecule has 0 spiro atoms. The fourth-order valence-corrected chi connectivity index (χ4v) is 8.19. The van der Waals surface area contributed by atoms with Crippen LogP contribution in [0.3, 0.4) is 0 Å². The van der Waals surface area contributed by atoms with Gasteiger partial charge in [0.25, 0.3) is 0 Å². The molecule has 1 unspecified atom stereocenters. The maximum atomic E-state index is 6.46. The lowest BCUT2D eigenvalue weighted by Crippen LogP contribution is -2.37. The number of nitrogens with zero attached hydrogens (tertiary/aromatic N) is 3. The van der Waals surface area contributed by atoms with Crippen LogP contribution in [0.2, 0.25) is 0 Å². The number of aromatic nitrogens is 1. The van der Waals surface area contributed by atoms with Crippen LogP contribution in [0.1, 0.15) is 39.4 Å². The number of rotatable bonds is 10. The van der Waals surface area contributed by atoms with E-state index in [2.05, 4.69) is 168 Å². The first kappa shape index (κ1) is 32.4. The van der Waals surface area contributed by atoms with Gasteiger partial charge in [-0.3, -0.25) is 15.3 Å². The highest BCUT2D eigenvalue weighted by molar-refractivity contribution is 6.22. The Kier molecular flexibility index (Phi) is 8.47.